The Morgan fingerprint density at radius 2 is 1.48 bits per heavy atom. The van der Waals surface area contributed by atoms with Crippen molar-refractivity contribution in [3.8, 4) is 0 Å². The van der Waals surface area contributed by atoms with E-state index in [2.05, 4.69) is 0 Å². The van der Waals surface area contributed by atoms with E-state index in [0.29, 0.717) is 12.5 Å². The van der Waals surface area contributed by atoms with Crippen LogP contribution in [0.2, 0.25) is 0 Å². The molecule has 0 N–H and O–H groups in total. The molecule has 0 spiro atoms. The molecule has 8 heteroatoms. The maximum Gasteiger partial charge on any atom is 0.416 e. The fourth-order valence-corrected chi connectivity index (χ4v) is 2.21. The van der Waals surface area contributed by atoms with Crippen LogP contribution >= 0.6 is 0 Å². The van der Waals surface area contributed by atoms with Gasteiger partial charge in [-0.3, -0.25) is 0 Å². The molecule has 0 aliphatic rings. The van der Waals surface area contributed by atoms with Crippen molar-refractivity contribution in [2.24, 2.45) is 0 Å². The van der Waals surface area contributed by atoms with Crippen LogP contribution in [0.3, 0.4) is 0 Å². The van der Waals surface area contributed by atoms with Gasteiger partial charge in [-0.15, -0.1) is 0 Å². The third-order valence-electron chi connectivity index (χ3n) is 3.57. The van der Waals surface area contributed by atoms with Crippen molar-refractivity contribution >= 4 is 11.9 Å². The molecule has 2 aromatic carbocycles. The number of hydrogen-bond donors (Lipinski definition) is 0. The Labute approximate surface area is 152 Å². The van der Waals surface area contributed by atoms with E-state index in [1.165, 1.54) is 24.3 Å². The molecule has 0 fully saturated rings. The monoisotopic (exact) mass is 384 g/mol. The molecular formula is C19H16F4O4. The van der Waals surface area contributed by atoms with E-state index in [4.69, 9.17) is 9.47 Å². The van der Waals surface area contributed by atoms with Crippen molar-refractivity contribution in [3.05, 3.63) is 70.5 Å². The van der Waals surface area contributed by atoms with Crippen LogP contribution in [0, 0.1) is 5.82 Å². The minimum absolute atomic E-state index is 0.00643. The van der Waals surface area contributed by atoms with Crippen LogP contribution in [0.15, 0.2) is 42.5 Å². The summed E-state index contributed by atoms with van der Waals surface area (Å²) in [5.41, 5.74) is -1.73. The average Bonchev–Trinajstić information content (AvgIpc) is 2.64. The molecule has 27 heavy (non-hydrogen) atoms. The molecule has 0 bridgehead atoms. The molecule has 0 aromatic heterocycles. The maximum absolute atomic E-state index is 13.7. The van der Waals surface area contributed by atoms with E-state index >= 15 is 0 Å². The first-order valence-electron chi connectivity index (χ1n) is 8.03. The lowest BCUT2D eigenvalue weighted by Gasteiger charge is -2.13. The third kappa shape index (κ3) is 5.29. The Morgan fingerprint density at radius 1 is 0.926 bits per heavy atom. The molecule has 0 saturated carbocycles. The number of halogens is 4. The number of esters is 2. The van der Waals surface area contributed by atoms with E-state index < -0.39 is 41.7 Å². The molecule has 0 saturated heterocycles. The normalized spacial score (nSPS) is 11.1. The Balaban J connectivity index is 2.08. The highest BCUT2D eigenvalue weighted by Gasteiger charge is 2.34. The summed E-state index contributed by atoms with van der Waals surface area (Å²) in [5.74, 6) is -2.62. The standard InChI is InChI=1S/C19H16F4O4/c1-2-10-26-17(24)12-6-8-13(9-7-12)18(25)27-11-14-15(19(21,22)23)4-3-5-16(14)20/h3-9H,2,10-11H2,1H3. The molecule has 0 aliphatic carbocycles. The summed E-state index contributed by atoms with van der Waals surface area (Å²) in [6.07, 6.45) is -4.11. The van der Waals surface area contributed by atoms with E-state index in [1.807, 2.05) is 6.92 Å². The summed E-state index contributed by atoms with van der Waals surface area (Å²) in [7, 11) is 0. The first-order chi connectivity index (χ1) is 12.7. The average molecular weight is 384 g/mol. The van der Waals surface area contributed by atoms with Crippen molar-refractivity contribution in [2.75, 3.05) is 6.61 Å². The fourth-order valence-electron chi connectivity index (χ4n) is 2.21. The van der Waals surface area contributed by atoms with Gasteiger partial charge in [-0.25, -0.2) is 14.0 Å². The molecule has 0 atom stereocenters. The zero-order chi connectivity index (χ0) is 20.0. The minimum atomic E-state index is -4.77. The van der Waals surface area contributed by atoms with Crippen molar-refractivity contribution < 1.29 is 36.6 Å². The van der Waals surface area contributed by atoms with Crippen molar-refractivity contribution in [1.29, 1.82) is 0 Å². The van der Waals surface area contributed by atoms with Gasteiger partial charge in [0.1, 0.15) is 12.4 Å². The first-order valence-corrected chi connectivity index (χ1v) is 8.03. The van der Waals surface area contributed by atoms with Crippen LogP contribution in [0.1, 0.15) is 45.2 Å². The summed E-state index contributed by atoms with van der Waals surface area (Å²) in [5, 5.41) is 0. The molecule has 0 aliphatic heterocycles. The van der Waals surface area contributed by atoms with Gasteiger partial charge in [0.15, 0.2) is 0 Å². The molecule has 0 radical (unpaired) electrons. The second kappa shape index (κ2) is 8.66. The SMILES string of the molecule is CCCOC(=O)c1ccc(C(=O)OCc2c(F)cccc2C(F)(F)F)cc1. The molecule has 0 heterocycles. The second-order valence-electron chi connectivity index (χ2n) is 5.55. The van der Waals surface area contributed by atoms with Crippen molar-refractivity contribution in [1.82, 2.24) is 0 Å². The summed E-state index contributed by atoms with van der Waals surface area (Å²) in [6.45, 7) is 1.22. The fraction of sp³-hybridized carbons (Fsp3) is 0.263. The number of benzene rings is 2. The van der Waals surface area contributed by atoms with Gasteiger partial charge in [-0.2, -0.15) is 13.2 Å². The topological polar surface area (TPSA) is 52.6 Å². The van der Waals surface area contributed by atoms with Gasteiger partial charge in [0, 0.05) is 5.56 Å². The van der Waals surface area contributed by atoms with Crippen LogP contribution < -0.4 is 0 Å². The van der Waals surface area contributed by atoms with E-state index in [0.717, 1.165) is 12.1 Å². The van der Waals surface area contributed by atoms with Crippen LogP contribution in [0.5, 0.6) is 0 Å². The smallest absolute Gasteiger partial charge is 0.416 e. The van der Waals surface area contributed by atoms with E-state index in [1.54, 1.807) is 0 Å². The van der Waals surface area contributed by atoms with Crippen molar-refractivity contribution in [3.63, 3.8) is 0 Å². The largest absolute Gasteiger partial charge is 0.462 e. The maximum atomic E-state index is 13.7. The predicted octanol–water partition coefficient (Wildman–Crippen LogP) is 4.77. The number of rotatable bonds is 6. The Bertz CT molecular complexity index is 813. The molecule has 4 nitrogen and oxygen atoms in total. The molecule has 0 amide bonds. The Kier molecular flexibility index (Phi) is 6.55. The highest BCUT2D eigenvalue weighted by Crippen LogP contribution is 2.33. The Hall–Kier alpha value is -2.90. The van der Waals surface area contributed by atoms with Gasteiger partial charge >= 0.3 is 18.1 Å². The minimum Gasteiger partial charge on any atom is -0.462 e. The van der Waals surface area contributed by atoms with Gasteiger partial charge in [0.25, 0.3) is 0 Å². The molecule has 144 valence electrons. The van der Waals surface area contributed by atoms with Gasteiger partial charge in [-0.05, 0) is 42.8 Å². The lowest BCUT2D eigenvalue weighted by atomic mass is 10.1. The molecule has 2 aromatic rings. The van der Waals surface area contributed by atoms with E-state index in [-0.39, 0.29) is 17.7 Å². The number of hydrogen-bond acceptors (Lipinski definition) is 4. The van der Waals surface area contributed by atoms with Gasteiger partial charge in [-0.1, -0.05) is 13.0 Å². The lowest BCUT2D eigenvalue weighted by Crippen LogP contribution is -2.14. The Morgan fingerprint density at radius 3 is 2.00 bits per heavy atom. The summed E-state index contributed by atoms with van der Waals surface area (Å²) in [4.78, 5) is 23.7. The van der Waals surface area contributed by atoms with Gasteiger partial charge < -0.3 is 9.47 Å². The number of carbonyl (C=O) groups is 2. The van der Waals surface area contributed by atoms with Gasteiger partial charge in [0.2, 0.25) is 0 Å². The zero-order valence-electron chi connectivity index (χ0n) is 14.3. The summed E-state index contributed by atoms with van der Waals surface area (Å²) in [6, 6.07) is 7.71. The molecule has 2 rings (SSSR count). The number of ether oxygens (including phenoxy) is 2. The van der Waals surface area contributed by atoms with Crippen LogP contribution in [0.25, 0.3) is 0 Å². The summed E-state index contributed by atoms with van der Waals surface area (Å²) >= 11 is 0. The highest BCUT2D eigenvalue weighted by molar-refractivity contribution is 5.93. The predicted molar refractivity (Wildman–Crippen MR) is 87.5 cm³/mol. The van der Waals surface area contributed by atoms with Crippen molar-refractivity contribution in [2.45, 2.75) is 26.1 Å². The molecular weight excluding hydrogens is 368 g/mol. The highest BCUT2D eigenvalue weighted by atomic mass is 19.4. The lowest BCUT2D eigenvalue weighted by molar-refractivity contribution is -0.139. The second-order valence-corrected chi connectivity index (χ2v) is 5.55. The number of carbonyl (C=O) groups excluding carboxylic acids is 2. The van der Waals surface area contributed by atoms with Gasteiger partial charge in [0.05, 0.1) is 23.3 Å². The number of alkyl halides is 3. The zero-order valence-corrected chi connectivity index (χ0v) is 14.3. The first kappa shape index (κ1) is 20.4. The quantitative estimate of drug-likeness (QED) is 0.532. The van der Waals surface area contributed by atoms with Crippen LogP contribution in [-0.4, -0.2) is 18.5 Å². The molecule has 0 unspecified atom stereocenters. The van der Waals surface area contributed by atoms with Crippen LogP contribution in [0.4, 0.5) is 17.6 Å². The van der Waals surface area contributed by atoms with E-state index in [9.17, 15) is 27.2 Å². The summed E-state index contributed by atoms with van der Waals surface area (Å²) < 4.78 is 62.3. The third-order valence-corrected chi connectivity index (χ3v) is 3.57. The van der Waals surface area contributed by atoms with Crippen LogP contribution in [-0.2, 0) is 22.3 Å².